The molecule has 0 radical (unpaired) electrons. The SMILES string of the molecule is CCCCCCCCCCCCCCC=CCC1=NCC[N+]1(CCO)CCCCCCCCCCCCCCCCCC.[Cl-]. The second-order valence-electron chi connectivity index (χ2n) is 14.0. The van der Waals surface area contributed by atoms with E-state index in [-0.39, 0.29) is 19.0 Å². The van der Waals surface area contributed by atoms with Gasteiger partial charge in [-0.3, -0.25) is 4.48 Å². The molecule has 44 heavy (non-hydrogen) atoms. The first kappa shape index (κ1) is 43.6. The molecule has 0 fully saturated rings. The van der Waals surface area contributed by atoms with Crippen LogP contribution in [0.4, 0.5) is 0 Å². The normalized spacial score (nSPS) is 16.6. The van der Waals surface area contributed by atoms with Crippen molar-refractivity contribution in [1.29, 1.82) is 0 Å². The molecule has 3 nitrogen and oxygen atoms in total. The highest BCUT2D eigenvalue weighted by Gasteiger charge is 2.36. The van der Waals surface area contributed by atoms with Crippen LogP contribution in [0.25, 0.3) is 0 Å². The van der Waals surface area contributed by atoms with Gasteiger partial charge in [-0.1, -0.05) is 187 Å². The van der Waals surface area contributed by atoms with Crippen molar-refractivity contribution in [2.24, 2.45) is 4.99 Å². The maximum Gasteiger partial charge on any atom is 0.202 e. The molecule has 0 saturated heterocycles. The lowest BCUT2D eigenvalue weighted by molar-refractivity contribution is -0.837. The van der Waals surface area contributed by atoms with Gasteiger partial charge in [-0.25, -0.2) is 4.99 Å². The number of quaternary nitrogens is 1. The third-order valence-electron chi connectivity index (χ3n) is 10.0. The molecule has 0 saturated carbocycles. The molecule has 1 aliphatic rings. The van der Waals surface area contributed by atoms with E-state index in [4.69, 9.17) is 4.99 Å². The number of unbranched alkanes of at least 4 members (excludes halogenated alkanes) is 27. The van der Waals surface area contributed by atoms with Gasteiger partial charge < -0.3 is 17.5 Å². The van der Waals surface area contributed by atoms with E-state index >= 15 is 0 Å². The average molecular weight is 640 g/mol. The van der Waals surface area contributed by atoms with Gasteiger partial charge in [-0.05, 0) is 25.7 Å². The minimum Gasteiger partial charge on any atom is -1.00 e. The maximum atomic E-state index is 9.86. The lowest BCUT2D eigenvalue weighted by Crippen LogP contribution is -3.00. The number of hydrogen-bond donors (Lipinski definition) is 1. The number of allylic oxidation sites excluding steroid dienone is 1. The summed E-state index contributed by atoms with van der Waals surface area (Å²) >= 11 is 0. The molecule has 0 amide bonds. The van der Waals surface area contributed by atoms with Gasteiger partial charge in [-0.15, -0.1) is 0 Å². The molecule has 1 atom stereocenters. The van der Waals surface area contributed by atoms with Crippen LogP contribution in [-0.4, -0.2) is 48.2 Å². The maximum absolute atomic E-state index is 9.86. The Hall–Kier alpha value is -0.380. The highest BCUT2D eigenvalue weighted by atomic mass is 35.5. The molecule has 262 valence electrons. The standard InChI is InChI=1S/C40H79N2O.ClH/c1-3-5-7-9-11-13-15-17-19-21-23-25-27-29-31-33-36-42(38-39-43)37-35-41-40(42)34-32-30-28-26-24-22-20-18-16-14-12-10-8-6-4-2;/h30,32,43H,3-29,31,33-39H2,1-2H3;1H/q+1;/p-1. The summed E-state index contributed by atoms with van der Waals surface area (Å²) in [6, 6.07) is 0. The van der Waals surface area contributed by atoms with E-state index in [1.54, 1.807) is 0 Å². The van der Waals surface area contributed by atoms with E-state index in [1.165, 1.54) is 199 Å². The van der Waals surface area contributed by atoms with Crippen molar-refractivity contribution in [3.8, 4) is 0 Å². The number of halogens is 1. The first-order valence-corrected chi connectivity index (χ1v) is 19.9. The van der Waals surface area contributed by atoms with Gasteiger partial charge in [0.15, 0.2) is 0 Å². The highest BCUT2D eigenvalue weighted by Crippen LogP contribution is 2.21. The lowest BCUT2D eigenvalue weighted by Gasteiger charge is -2.34. The van der Waals surface area contributed by atoms with Gasteiger partial charge in [0.1, 0.15) is 13.1 Å². The van der Waals surface area contributed by atoms with Gasteiger partial charge in [-0.2, -0.15) is 0 Å². The first-order valence-electron chi connectivity index (χ1n) is 19.9. The van der Waals surface area contributed by atoms with Crippen LogP contribution < -0.4 is 12.4 Å². The second-order valence-corrected chi connectivity index (χ2v) is 14.0. The van der Waals surface area contributed by atoms with Crippen molar-refractivity contribution >= 4 is 5.84 Å². The fraction of sp³-hybridized carbons (Fsp3) is 0.925. The Morgan fingerprint density at radius 1 is 0.523 bits per heavy atom. The molecular weight excluding hydrogens is 560 g/mol. The average Bonchev–Trinajstić information content (AvgIpc) is 3.41. The monoisotopic (exact) mass is 639 g/mol. The molecule has 1 N–H and O–H groups in total. The van der Waals surface area contributed by atoms with E-state index in [1.807, 2.05) is 0 Å². The predicted octanol–water partition coefficient (Wildman–Crippen LogP) is 9.51. The number of aliphatic hydroxyl groups is 1. The van der Waals surface area contributed by atoms with Crippen molar-refractivity contribution < 1.29 is 22.0 Å². The van der Waals surface area contributed by atoms with Crippen molar-refractivity contribution in [3.05, 3.63) is 12.2 Å². The molecule has 1 aliphatic heterocycles. The van der Waals surface area contributed by atoms with E-state index in [9.17, 15) is 5.11 Å². The zero-order chi connectivity index (χ0) is 30.9. The van der Waals surface area contributed by atoms with Crippen LogP contribution in [-0.2, 0) is 0 Å². The van der Waals surface area contributed by atoms with Crippen LogP contribution in [0.1, 0.15) is 206 Å². The van der Waals surface area contributed by atoms with E-state index in [0.29, 0.717) is 0 Å². The first-order chi connectivity index (χ1) is 21.3. The molecular formula is C40H79ClN2O. The quantitative estimate of drug-likeness (QED) is 0.0425. The minimum absolute atomic E-state index is 0. The van der Waals surface area contributed by atoms with Crippen LogP contribution in [0.5, 0.6) is 0 Å². The van der Waals surface area contributed by atoms with Crippen molar-refractivity contribution in [1.82, 2.24) is 0 Å². The van der Waals surface area contributed by atoms with Gasteiger partial charge in [0.25, 0.3) is 0 Å². The third-order valence-corrected chi connectivity index (χ3v) is 10.0. The number of rotatable bonds is 34. The van der Waals surface area contributed by atoms with Crippen molar-refractivity contribution in [2.75, 3.05) is 32.8 Å². The predicted molar refractivity (Wildman–Crippen MR) is 193 cm³/mol. The zero-order valence-electron chi connectivity index (χ0n) is 30.1. The Bertz CT molecular complexity index is 637. The van der Waals surface area contributed by atoms with E-state index < -0.39 is 0 Å². The lowest BCUT2D eigenvalue weighted by atomic mass is 10.0. The number of hydrogen-bond acceptors (Lipinski definition) is 2. The van der Waals surface area contributed by atoms with Crippen molar-refractivity contribution in [3.63, 3.8) is 0 Å². The number of nitrogens with zero attached hydrogens (tertiary/aromatic N) is 2. The molecule has 0 aliphatic carbocycles. The molecule has 1 rings (SSSR count). The molecule has 1 unspecified atom stereocenters. The van der Waals surface area contributed by atoms with Crippen LogP contribution in [0.3, 0.4) is 0 Å². The van der Waals surface area contributed by atoms with Crippen LogP contribution in [0.15, 0.2) is 17.1 Å². The van der Waals surface area contributed by atoms with Crippen LogP contribution >= 0.6 is 0 Å². The van der Waals surface area contributed by atoms with Gasteiger partial charge >= 0.3 is 0 Å². The third kappa shape index (κ3) is 24.8. The highest BCUT2D eigenvalue weighted by molar-refractivity contribution is 5.78. The summed E-state index contributed by atoms with van der Waals surface area (Å²) in [5.41, 5.74) is 0. The molecule has 1 heterocycles. The molecule has 0 bridgehead atoms. The smallest absolute Gasteiger partial charge is 0.202 e. The molecule has 0 aromatic carbocycles. The number of aliphatic imine (C=N–C) groups is 1. The minimum atomic E-state index is 0. The molecule has 4 heteroatoms. The van der Waals surface area contributed by atoms with Crippen LogP contribution in [0, 0.1) is 0 Å². The zero-order valence-corrected chi connectivity index (χ0v) is 30.9. The Morgan fingerprint density at radius 3 is 1.32 bits per heavy atom. The fourth-order valence-electron chi connectivity index (χ4n) is 7.07. The van der Waals surface area contributed by atoms with Gasteiger partial charge in [0.05, 0.1) is 26.1 Å². The number of amidine groups is 1. The van der Waals surface area contributed by atoms with E-state index in [0.717, 1.165) is 30.5 Å². The molecule has 0 aromatic heterocycles. The number of aliphatic hydroxyl groups excluding tert-OH is 1. The summed E-state index contributed by atoms with van der Waals surface area (Å²) in [5.74, 6) is 1.33. The Morgan fingerprint density at radius 2 is 0.909 bits per heavy atom. The molecule has 0 spiro atoms. The summed E-state index contributed by atoms with van der Waals surface area (Å²) in [5, 5.41) is 9.86. The van der Waals surface area contributed by atoms with Gasteiger partial charge in [0, 0.05) is 0 Å². The van der Waals surface area contributed by atoms with Gasteiger partial charge in [0.2, 0.25) is 5.84 Å². The Labute approximate surface area is 283 Å². The summed E-state index contributed by atoms with van der Waals surface area (Å²) < 4.78 is 0.956. The summed E-state index contributed by atoms with van der Waals surface area (Å²) in [6.07, 6.45) is 46.6. The second kappa shape index (κ2) is 34.0. The summed E-state index contributed by atoms with van der Waals surface area (Å²) in [6.45, 7) is 8.94. The summed E-state index contributed by atoms with van der Waals surface area (Å²) in [4.78, 5) is 4.93. The Kier molecular flexibility index (Phi) is 33.7. The largest absolute Gasteiger partial charge is 1.00 e. The van der Waals surface area contributed by atoms with Crippen molar-refractivity contribution in [2.45, 2.75) is 206 Å². The fourth-order valence-corrected chi connectivity index (χ4v) is 7.07. The topological polar surface area (TPSA) is 32.6 Å². The Balaban J connectivity index is 0.0000185. The molecule has 0 aromatic rings. The van der Waals surface area contributed by atoms with E-state index in [2.05, 4.69) is 26.0 Å². The summed E-state index contributed by atoms with van der Waals surface area (Å²) in [7, 11) is 0. The van der Waals surface area contributed by atoms with Crippen LogP contribution in [0.2, 0.25) is 0 Å².